The van der Waals surface area contributed by atoms with Crippen molar-refractivity contribution in [3.05, 3.63) is 0 Å². The first-order valence-corrected chi connectivity index (χ1v) is 5.41. The normalized spacial score (nSPS) is 12.3. The number of ketones is 1. The van der Waals surface area contributed by atoms with Gasteiger partial charge < -0.3 is 9.11 Å². The second kappa shape index (κ2) is 4.49. The van der Waals surface area contributed by atoms with Crippen LogP contribution in [0.1, 0.15) is 6.92 Å². The molecule has 0 aromatic heterocycles. The van der Waals surface area contributed by atoms with Gasteiger partial charge in [0.2, 0.25) is 0 Å². The Morgan fingerprint density at radius 2 is 1.31 bits per heavy atom. The number of rotatable bonds is 3. The molecule has 0 aliphatic rings. The second-order valence-corrected chi connectivity index (χ2v) is 5.14. The molecule has 1 radical (unpaired) electrons. The van der Waals surface area contributed by atoms with E-state index in [1.54, 1.807) is 0 Å². The van der Waals surface area contributed by atoms with Gasteiger partial charge >= 0.3 is 17.1 Å². The zero-order valence-electron chi connectivity index (χ0n) is 6.13. The molecule has 0 unspecified atom stereocenters. The van der Waals surface area contributed by atoms with E-state index in [-0.39, 0.29) is 17.1 Å². The molecule has 0 saturated carbocycles. The van der Waals surface area contributed by atoms with Gasteiger partial charge in [-0.15, -0.1) is 0 Å². The zero-order valence-corrected chi connectivity index (χ0v) is 8.94. The minimum atomic E-state index is -5.42. The predicted molar refractivity (Wildman–Crippen MR) is 33.9 cm³/mol. The molecule has 0 saturated heterocycles. The van der Waals surface area contributed by atoms with Crippen molar-refractivity contribution in [2.75, 3.05) is 0 Å². The third-order valence-electron chi connectivity index (χ3n) is 0.856. The van der Waals surface area contributed by atoms with E-state index in [1.165, 1.54) is 0 Å². The van der Waals surface area contributed by atoms with Crippen LogP contribution in [-0.4, -0.2) is 36.3 Å². The standard InChI is InChI=1S/C3H6O7S2.Mn/c1-2(4)3(11(5,6)7)12(8,9)10;/h3H,1H3,(H,5,6,7)(H,8,9,10);/q;+2/p-2. The summed E-state index contributed by atoms with van der Waals surface area (Å²) in [6, 6.07) is 0. The Morgan fingerprint density at radius 1 is 1.08 bits per heavy atom. The quantitative estimate of drug-likeness (QED) is 0.428. The Balaban J connectivity index is 0. The van der Waals surface area contributed by atoms with Crippen molar-refractivity contribution in [2.45, 2.75) is 11.5 Å². The van der Waals surface area contributed by atoms with Crippen LogP contribution in [0.2, 0.25) is 0 Å². The Labute approximate surface area is 85.5 Å². The van der Waals surface area contributed by atoms with Gasteiger partial charge in [-0.05, 0) is 6.92 Å². The topological polar surface area (TPSA) is 131 Å². The van der Waals surface area contributed by atoms with Gasteiger partial charge in [0.15, 0.2) is 10.4 Å². The van der Waals surface area contributed by atoms with Crippen molar-refractivity contribution >= 4 is 26.0 Å². The average Bonchev–Trinajstić information content (AvgIpc) is 1.49. The first-order valence-electron chi connectivity index (χ1n) is 2.46. The first-order chi connectivity index (χ1) is 5.07. The fourth-order valence-electron chi connectivity index (χ4n) is 0.551. The molecule has 0 aliphatic heterocycles. The first kappa shape index (κ1) is 15.5. The third-order valence-corrected chi connectivity index (χ3v) is 3.98. The van der Waals surface area contributed by atoms with Gasteiger partial charge in [0.25, 0.3) is 0 Å². The van der Waals surface area contributed by atoms with Gasteiger partial charge in [0, 0.05) is 0 Å². The zero-order chi connectivity index (χ0) is 10.2. The molecule has 0 N–H and O–H groups in total. The monoisotopic (exact) mass is 271 g/mol. The van der Waals surface area contributed by atoms with E-state index in [0.717, 1.165) is 0 Å². The average molecular weight is 271 g/mol. The van der Waals surface area contributed by atoms with Crippen molar-refractivity contribution in [2.24, 2.45) is 0 Å². The number of hydrogen-bond donors (Lipinski definition) is 0. The summed E-state index contributed by atoms with van der Waals surface area (Å²) in [6.45, 7) is 0.537. The summed E-state index contributed by atoms with van der Waals surface area (Å²) in [4.78, 5) is 10.3. The molecule has 0 aromatic carbocycles. The van der Waals surface area contributed by atoms with Crippen LogP contribution in [-0.2, 0) is 42.1 Å². The fourth-order valence-corrected chi connectivity index (χ4v) is 2.52. The fraction of sp³-hybridized carbons (Fsp3) is 0.667. The molecule has 0 aromatic rings. The summed E-state index contributed by atoms with van der Waals surface area (Å²) in [6.07, 6.45) is 0. The summed E-state index contributed by atoms with van der Waals surface area (Å²) >= 11 is 0. The van der Waals surface area contributed by atoms with Gasteiger partial charge in [-0.1, -0.05) is 0 Å². The van der Waals surface area contributed by atoms with Crippen LogP contribution in [0.4, 0.5) is 0 Å². The van der Waals surface area contributed by atoms with Crippen molar-refractivity contribution in [3.8, 4) is 0 Å². The molecule has 0 amide bonds. The number of carbonyl (C=O) groups is 1. The Morgan fingerprint density at radius 3 is 1.31 bits per heavy atom. The molecule has 0 atom stereocenters. The molecule has 0 spiro atoms. The van der Waals surface area contributed by atoms with E-state index >= 15 is 0 Å². The maximum atomic E-state index is 10.3. The van der Waals surface area contributed by atoms with Crippen LogP contribution in [0, 0.1) is 0 Å². The van der Waals surface area contributed by atoms with Crippen molar-refractivity contribution < 1.29 is 47.8 Å². The minimum absolute atomic E-state index is 0. The van der Waals surface area contributed by atoms with Gasteiger partial charge in [0.1, 0.15) is 20.2 Å². The van der Waals surface area contributed by atoms with Crippen molar-refractivity contribution in [1.29, 1.82) is 0 Å². The van der Waals surface area contributed by atoms with E-state index in [4.69, 9.17) is 0 Å². The molecular formula is C3H4MnO7S2. The summed E-state index contributed by atoms with van der Waals surface area (Å²) in [5.41, 5.74) is 0. The third kappa shape index (κ3) is 4.69. The molecule has 77 valence electrons. The molecule has 0 bridgehead atoms. The smallest absolute Gasteiger partial charge is 0.747 e. The summed E-state index contributed by atoms with van der Waals surface area (Å²) in [7, 11) is -10.8. The molecule has 13 heavy (non-hydrogen) atoms. The van der Waals surface area contributed by atoms with Gasteiger partial charge in [-0.3, -0.25) is 4.79 Å². The molecule has 10 heteroatoms. The van der Waals surface area contributed by atoms with Crippen LogP contribution in [0.3, 0.4) is 0 Å². The second-order valence-electron chi connectivity index (χ2n) is 1.93. The molecule has 0 fully saturated rings. The van der Waals surface area contributed by atoms with Crippen LogP contribution in [0.25, 0.3) is 0 Å². The largest absolute Gasteiger partial charge is 2.00 e. The van der Waals surface area contributed by atoms with Gasteiger partial charge in [0.05, 0.1) is 0 Å². The molecule has 0 rings (SSSR count). The number of Topliss-reactive ketones (excluding diaryl/α,β-unsaturated/α-hetero) is 1. The Bertz CT molecular complexity index is 346. The number of hydrogen-bond acceptors (Lipinski definition) is 7. The Kier molecular flexibility index (Phi) is 5.34. The van der Waals surface area contributed by atoms with Gasteiger partial charge in [-0.25, -0.2) is 16.8 Å². The van der Waals surface area contributed by atoms with E-state index < -0.39 is 30.6 Å². The van der Waals surface area contributed by atoms with E-state index in [1.807, 2.05) is 0 Å². The van der Waals surface area contributed by atoms with Crippen LogP contribution in [0.15, 0.2) is 0 Å². The predicted octanol–water partition coefficient (Wildman–Crippen LogP) is -2.01. The van der Waals surface area contributed by atoms with E-state index in [2.05, 4.69) is 0 Å². The van der Waals surface area contributed by atoms with Crippen LogP contribution < -0.4 is 0 Å². The number of carbonyl (C=O) groups excluding carboxylic acids is 1. The Hall–Kier alpha value is 0.00948. The maximum Gasteiger partial charge on any atom is 2.00 e. The molecule has 7 nitrogen and oxygen atoms in total. The van der Waals surface area contributed by atoms with E-state index in [0.29, 0.717) is 6.92 Å². The summed E-state index contributed by atoms with van der Waals surface area (Å²) < 4.78 is 57.4. The van der Waals surface area contributed by atoms with Crippen LogP contribution >= 0.6 is 0 Å². The van der Waals surface area contributed by atoms with Crippen molar-refractivity contribution in [1.82, 2.24) is 0 Å². The minimum Gasteiger partial charge on any atom is -0.747 e. The molecular weight excluding hydrogens is 267 g/mol. The van der Waals surface area contributed by atoms with Crippen molar-refractivity contribution in [3.63, 3.8) is 0 Å². The summed E-state index contributed by atoms with van der Waals surface area (Å²) in [5.74, 6) is -1.50. The van der Waals surface area contributed by atoms with Gasteiger partial charge in [-0.2, -0.15) is 0 Å². The molecule has 0 heterocycles. The van der Waals surface area contributed by atoms with Crippen LogP contribution in [0.5, 0.6) is 0 Å². The maximum absolute atomic E-state index is 10.3. The van der Waals surface area contributed by atoms with E-state index in [9.17, 15) is 30.7 Å². The SMILES string of the molecule is CC(=O)C(S(=O)(=O)[O-])S(=O)(=O)[O-].[Mn+2]. The molecule has 0 aliphatic carbocycles. The summed E-state index contributed by atoms with van der Waals surface area (Å²) in [5, 5.41) is 0.